The van der Waals surface area contributed by atoms with Gasteiger partial charge in [-0.3, -0.25) is 4.90 Å². The lowest BCUT2D eigenvalue weighted by Gasteiger charge is -2.33. The number of likely N-dealkylation sites (tertiary alicyclic amines) is 1. The zero-order valence-electron chi connectivity index (χ0n) is 22.2. The van der Waals surface area contributed by atoms with Crippen LogP contribution >= 0.6 is 11.3 Å². The molecule has 1 aliphatic rings. The molecule has 0 spiro atoms. The molecule has 0 radical (unpaired) electrons. The molecule has 0 amide bonds. The fourth-order valence-corrected chi connectivity index (χ4v) is 6.86. The summed E-state index contributed by atoms with van der Waals surface area (Å²) in [7, 11) is -4.37. The summed E-state index contributed by atoms with van der Waals surface area (Å²) < 4.78 is 44.2. The molecule has 3 heterocycles. The number of rotatable bonds is 10. The highest BCUT2D eigenvalue weighted by Gasteiger charge is 2.32. The molecule has 4 aromatic rings. The van der Waals surface area contributed by atoms with Crippen LogP contribution < -0.4 is 9.62 Å². The number of sulfonamides is 1. The van der Waals surface area contributed by atoms with Gasteiger partial charge in [-0.1, -0.05) is 54.6 Å². The average Bonchev–Trinajstić information content (AvgIpc) is 3.50. The summed E-state index contributed by atoms with van der Waals surface area (Å²) in [6.45, 7) is 4.13. The summed E-state index contributed by atoms with van der Waals surface area (Å²) in [5, 5.41) is 13.7. The number of piperidine rings is 1. The van der Waals surface area contributed by atoms with E-state index >= 15 is 4.39 Å². The highest BCUT2D eigenvalue weighted by atomic mass is 32.2. The van der Waals surface area contributed by atoms with Gasteiger partial charge in [0.15, 0.2) is 11.6 Å². The first-order valence-corrected chi connectivity index (χ1v) is 15.5. The molecule has 2 aromatic heterocycles. The van der Waals surface area contributed by atoms with E-state index < -0.39 is 20.9 Å². The van der Waals surface area contributed by atoms with Crippen LogP contribution in [0.5, 0.6) is 0 Å². The molecular formula is C29H32FN5O3S2. The molecule has 210 valence electrons. The van der Waals surface area contributed by atoms with Crippen LogP contribution in [-0.4, -0.2) is 47.5 Å². The molecule has 0 unspecified atom stereocenters. The van der Waals surface area contributed by atoms with Gasteiger partial charge in [0.25, 0.3) is 10.0 Å². The largest absolute Gasteiger partial charge is 0.392 e. The molecule has 1 aliphatic heterocycles. The van der Waals surface area contributed by atoms with Crippen LogP contribution in [0.2, 0.25) is 0 Å². The number of aliphatic hydroxyl groups excluding tert-OH is 1. The van der Waals surface area contributed by atoms with Crippen molar-refractivity contribution in [2.75, 3.05) is 22.7 Å². The number of thiazole rings is 1. The molecular weight excluding hydrogens is 549 g/mol. The molecule has 0 bridgehead atoms. The number of aliphatic hydroxyl groups is 1. The molecule has 8 nitrogen and oxygen atoms in total. The number of anilines is 2. The van der Waals surface area contributed by atoms with Crippen molar-refractivity contribution >= 4 is 32.9 Å². The van der Waals surface area contributed by atoms with Gasteiger partial charge in [0, 0.05) is 36.6 Å². The lowest BCUT2D eigenvalue weighted by atomic mass is 10.0. The zero-order chi connectivity index (χ0) is 28.1. The van der Waals surface area contributed by atoms with E-state index in [1.54, 1.807) is 36.6 Å². The second-order valence-electron chi connectivity index (χ2n) is 9.93. The third-order valence-electron chi connectivity index (χ3n) is 7.17. The minimum atomic E-state index is -4.37. The van der Waals surface area contributed by atoms with Gasteiger partial charge in [-0.05, 0) is 36.5 Å². The smallest absolute Gasteiger partial charge is 0.286 e. The number of aromatic nitrogens is 2. The molecule has 2 N–H and O–H groups in total. The second kappa shape index (κ2) is 12.4. The van der Waals surface area contributed by atoms with Gasteiger partial charge in [-0.2, -0.15) is 8.42 Å². The maximum Gasteiger partial charge on any atom is 0.286 e. The van der Waals surface area contributed by atoms with Crippen LogP contribution in [0.15, 0.2) is 76.7 Å². The molecule has 2 aromatic carbocycles. The number of nitrogens with one attached hydrogen (secondary N) is 1. The zero-order valence-corrected chi connectivity index (χ0v) is 23.8. The molecule has 1 fully saturated rings. The molecule has 40 heavy (non-hydrogen) atoms. The van der Waals surface area contributed by atoms with Crippen molar-refractivity contribution in [1.82, 2.24) is 14.9 Å². The first-order valence-electron chi connectivity index (χ1n) is 13.1. The maximum atomic E-state index is 15.7. The Kier molecular flexibility index (Phi) is 8.75. The van der Waals surface area contributed by atoms with Gasteiger partial charge in [0.1, 0.15) is 0 Å². The molecule has 0 saturated carbocycles. The Morgan fingerprint density at radius 3 is 2.40 bits per heavy atom. The Morgan fingerprint density at radius 1 is 1.05 bits per heavy atom. The van der Waals surface area contributed by atoms with E-state index in [0.29, 0.717) is 16.8 Å². The molecule has 1 saturated heterocycles. The lowest BCUT2D eigenvalue weighted by molar-refractivity contribution is 0.211. The first kappa shape index (κ1) is 28.2. The summed E-state index contributed by atoms with van der Waals surface area (Å²) in [5.74, 6) is -0.679. The van der Waals surface area contributed by atoms with Crippen molar-refractivity contribution in [2.45, 2.75) is 50.5 Å². The minimum absolute atomic E-state index is 0.0561. The standard InChI is InChI=1S/C29H32FN5O3S2/c1-21-26(33-25-11-13-34(14-12-25)16-22-5-3-2-4-6-22)15-31-29(28(21)30)40(37,38)35(27-19-39-20-32-27)17-23-7-9-24(18-36)10-8-23/h2-10,15,19-20,25,33,36H,11-14,16-18H2,1H3. The van der Waals surface area contributed by atoms with Crippen LogP contribution in [0, 0.1) is 12.7 Å². The summed E-state index contributed by atoms with van der Waals surface area (Å²) in [6.07, 6.45) is 3.19. The normalized spacial score (nSPS) is 14.8. The lowest BCUT2D eigenvalue weighted by Crippen LogP contribution is -2.39. The van der Waals surface area contributed by atoms with Crippen LogP contribution in [0.1, 0.15) is 35.1 Å². The number of benzene rings is 2. The first-order chi connectivity index (χ1) is 19.3. The Labute approximate surface area is 238 Å². The summed E-state index contributed by atoms with van der Waals surface area (Å²) in [4.78, 5) is 10.7. The second-order valence-corrected chi connectivity index (χ2v) is 12.4. The van der Waals surface area contributed by atoms with Gasteiger partial charge in [0.05, 0.1) is 30.5 Å². The monoisotopic (exact) mass is 581 g/mol. The van der Waals surface area contributed by atoms with Crippen LogP contribution in [0.4, 0.5) is 15.9 Å². The third kappa shape index (κ3) is 6.33. The van der Waals surface area contributed by atoms with E-state index in [1.807, 2.05) is 18.2 Å². The fourth-order valence-electron chi connectivity index (χ4n) is 4.82. The molecule has 0 atom stereocenters. The minimum Gasteiger partial charge on any atom is -0.392 e. The van der Waals surface area contributed by atoms with Crippen LogP contribution in [0.25, 0.3) is 0 Å². The van der Waals surface area contributed by atoms with E-state index in [-0.39, 0.29) is 30.6 Å². The number of hydrogen-bond donors (Lipinski definition) is 2. The van der Waals surface area contributed by atoms with E-state index in [1.165, 1.54) is 28.6 Å². The Morgan fingerprint density at radius 2 is 1.75 bits per heavy atom. The Hall–Kier alpha value is -3.38. The Bertz CT molecular complexity index is 1510. The van der Waals surface area contributed by atoms with Crippen molar-refractivity contribution in [3.63, 3.8) is 0 Å². The third-order valence-corrected chi connectivity index (χ3v) is 9.41. The van der Waals surface area contributed by atoms with E-state index in [4.69, 9.17) is 0 Å². The quantitative estimate of drug-likeness (QED) is 0.274. The van der Waals surface area contributed by atoms with Crippen molar-refractivity contribution < 1.29 is 17.9 Å². The van der Waals surface area contributed by atoms with Gasteiger partial charge in [-0.25, -0.2) is 18.7 Å². The average molecular weight is 582 g/mol. The molecule has 5 rings (SSSR count). The summed E-state index contributed by atoms with van der Waals surface area (Å²) in [6, 6.07) is 17.4. The molecule has 11 heteroatoms. The predicted molar refractivity (Wildman–Crippen MR) is 155 cm³/mol. The van der Waals surface area contributed by atoms with Gasteiger partial charge >= 0.3 is 0 Å². The Balaban J connectivity index is 1.31. The summed E-state index contributed by atoms with van der Waals surface area (Å²) in [5.41, 5.74) is 4.90. The predicted octanol–water partition coefficient (Wildman–Crippen LogP) is 4.95. The number of hydrogen-bond acceptors (Lipinski definition) is 8. The highest BCUT2D eigenvalue weighted by molar-refractivity contribution is 7.92. The number of halogens is 1. The molecule has 0 aliphatic carbocycles. The van der Waals surface area contributed by atoms with Crippen molar-refractivity contribution in [3.05, 3.63) is 99.8 Å². The highest BCUT2D eigenvalue weighted by Crippen LogP contribution is 2.30. The van der Waals surface area contributed by atoms with Gasteiger partial charge in [0.2, 0.25) is 5.03 Å². The maximum absolute atomic E-state index is 15.7. The summed E-state index contributed by atoms with van der Waals surface area (Å²) >= 11 is 1.25. The van der Waals surface area contributed by atoms with Crippen molar-refractivity contribution in [2.24, 2.45) is 0 Å². The van der Waals surface area contributed by atoms with Crippen LogP contribution in [-0.2, 0) is 29.7 Å². The van der Waals surface area contributed by atoms with Gasteiger partial charge < -0.3 is 10.4 Å². The topological polar surface area (TPSA) is 98.7 Å². The van der Waals surface area contributed by atoms with Crippen LogP contribution in [0.3, 0.4) is 0 Å². The SMILES string of the molecule is Cc1c(NC2CCN(Cc3ccccc3)CC2)cnc(S(=O)(=O)N(Cc2ccc(CO)cc2)c2cscn2)c1F. The number of nitrogens with zero attached hydrogens (tertiary/aromatic N) is 4. The van der Waals surface area contributed by atoms with Crippen molar-refractivity contribution in [1.29, 1.82) is 0 Å². The van der Waals surface area contributed by atoms with E-state index in [0.717, 1.165) is 36.8 Å². The van der Waals surface area contributed by atoms with Crippen molar-refractivity contribution in [3.8, 4) is 0 Å². The van der Waals surface area contributed by atoms with E-state index in [9.17, 15) is 13.5 Å². The fraction of sp³-hybridized carbons (Fsp3) is 0.310. The van der Waals surface area contributed by atoms with E-state index in [2.05, 4.69) is 32.3 Å². The van der Waals surface area contributed by atoms with Gasteiger partial charge in [-0.15, -0.1) is 11.3 Å². The number of pyridine rings is 1.